The monoisotopic (exact) mass is 424 g/mol. The number of carbonyl (C=O) groups is 3. The van der Waals surface area contributed by atoms with Crippen molar-refractivity contribution in [3.63, 3.8) is 0 Å². The summed E-state index contributed by atoms with van der Waals surface area (Å²) in [5.41, 5.74) is 2.40. The van der Waals surface area contributed by atoms with E-state index in [1.165, 1.54) is 0 Å². The van der Waals surface area contributed by atoms with Crippen molar-refractivity contribution in [3.8, 4) is 0 Å². The van der Waals surface area contributed by atoms with E-state index in [1.54, 1.807) is 48.5 Å². The first kappa shape index (κ1) is 23.9. The second-order valence-corrected chi connectivity index (χ2v) is 7.28. The van der Waals surface area contributed by atoms with Crippen molar-refractivity contribution in [2.45, 2.75) is 39.5 Å². The van der Waals surface area contributed by atoms with Crippen LogP contribution in [-0.4, -0.2) is 37.4 Å². The molecular formula is C24H32N4O3. The molecule has 0 spiro atoms. The standard InChI is InChI=1S/C24H32N4O3/c1-3-5-14-25-23(30)18-10-12-20(13-11-18)27-17-22(29)28-21-9-7-8-19(16-21)24(31)26-15-6-4-2/h7-13,16,27H,3-6,14-15,17H2,1-2H3,(H,25,30)(H,26,31)(H,28,29). The van der Waals surface area contributed by atoms with Crippen molar-refractivity contribution in [3.05, 3.63) is 59.7 Å². The van der Waals surface area contributed by atoms with E-state index in [4.69, 9.17) is 0 Å². The van der Waals surface area contributed by atoms with Crippen molar-refractivity contribution < 1.29 is 14.4 Å². The SMILES string of the molecule is CCCCNC(=O)c1ccc(NCC(=O)Nc2cccc(C(=O)NCCCC)c2)cc1. The quantitative estimate of drug-likeness (QED) is 0.390. The largest absolute Gasteiger partial charge is 0.376 e. The van der Waals surface area contributed by atoms with Crippen molar-refractivity contribution in [1.82, 2.24) is 10.6 Å². The molecule has 3 amide bonds. The molecule has 0 heterocycles. The van der Waals surface area contributed by atoms with E-state index >= 15 is 0 Å². The Hall–Kier alpha value is -3.35. The maximum absolute atomic E-state index is 12.3. The molecule has 7 nitrogen and oxygen atoms in total. The minimum absolute atomic E-state index is 0.0645. The maximum atomic E-state index is 12.3. The fourth-order valence-corrected chi connectivity index (χ4v) is 2.83. The van der Waals surface area contributed by atoms with Crippen LogP contribution in [0.1, 0.15) is 60.2 Å². The van der Waals surface area contributed by atoms with Gasteiger partial charge < -0.3 is 21.3 Å². The summed E-state index contributed by atoms with van der Waals surface area (Å²) >= 11 is 0. The molecule has 2 aromatic carbocycles. The molecule has 0 fully saturated rings. The third-order valence-corrected chi connectivity index (χ3v) is 4.64. The van der Waals surface area contributed by atoms with Crippen LogP contribution < -0.4 is 21.3 Å². The summed E-state index contributed by atoms with van der Waals surface area (Å²) in [4.78, 5) is 36.4. The molecule has 0 atom stereocenters. The van der Waals surface area contributed by atoms with Gasteiger partial charge in [-0.15, -0.1) is 0 Å². The molecule has 0 saturated carbocycles. The highest BCUT2D eigenvalue weighted by Crippen LogP contribution is 2.12. The van der Waals surface area contributed by atoms with E-state index in [0.717, 1.165) is 31.4 Å². The number of rotatable bonds is 12. The number of benzene rings is 2. The Morgan fingerprint density at radius 1 is 0.742 bits per heavy atom. The first-order chi connectivity index (χ1) is 15.0. The fraction of sp³-hybridized carbons (Fsp3) is 0.375. The van der Waals surface area contributed by atoms with Crippen molar-refractivity contribution in [2.24, 2.45) is 0 Å². The first-order valence-electron chi connectivity index (χ1n) is 10.8. The summed E-state index contributed by atoms with van der Waals surface area (Å²) in [6, 6.07) is 13.8. The second kappa shape index (κ2) is 13.1. The molecule has 166 valence electrons. The summed E-state index contributed by atoms with van der Waals surface area (Å²) in [5, 5.41) is 11.6. The number of amides is 3. The Labute approximate surface area is 184 Å². The lowest BCUT2D eigenvalue weighted by Crippen LogP contribution is -2.25. The zero-order chi connectivity index (χ0) is 22.5. The van der Waals surface area contributed by atoms with Gasteiger partial charge in [-0.2, -0.15) is 0 Å². The molecule has 0 aliphatic heterocycles. The van der Waals surface area contributed by atoms with Gasteiger partial charge in [-0.25, -0.2) is 0 Å². The van der Waals surface area contributed by atoms with E-state index in [1.807, 2.05) is 0 Å². The highest BCUT2D eigenvalue weighted by Gasteiger charge is 2.08. The Kier molecular flexibility index (Phi) is 10.1. The van der Waals surface area contributed by atoms with Crippen molar-refractivity contribution in [1.29, 1.82) is 0 Å². The third kappa shape index (κ3) is 8.50. The average molecular weight is 425 g/mol. The Morgan fingerprint density at radius 2 is 1.35 bits per heavy atom. The van der Waals surface area contributed by atoms with Gasteiger partial charge in [0.25, 0.3) is 11.8 Å². The lowest BCUT2D eigenvalue weighted by atomic mass is 10.2. The molecule has 0 unspecified atom stereocenters. The lowest BCUT2D eigenvalue weighted by Gasteiger charge is -2.10. The molecule has 0 saturated heterocycles. The molecule has 0 bridgehead atoms. The number of hydrogen-bond donors (Lipinski definition) is 4. The summed E-state index contributed by atoms with van der Waals surface area (Å²) < 4.78 is 0. The zero-order valence-corrected chi connectivity index (χ0v) is 18.3. The van der Waals surface area contributed by atoms with Crippen LogP contribution in [-0.2, 0) is 4.79 Å². The zero-order valence-electron chi connectivity index (χ0n) is 18.3. The van der Waals surface area contributed by atoms with Crippen LogP contribution in [0.3, 0.4) is 0 Å². The number of carbonyl (C=O) groups excluding carboxylic acids is 3. The molecule has 4 N–H and O–H groups in total. The van der Waals surface area contributed by atoms with Crippen LogP contribution in [0.5, 0.6) is 0 Å². The predicted molar refractivity (Wildman–Crippen MR) is 124 cm³/mol. The van der Waals surface area contributed by atoms with Gasteiger partial charge in [0.2, 0.25) is 5.91 Å². The Balaban J connectivity index is 1.82. The van der Waals surface area contributed by atoms with Crippen LogP contribution in [0.25, 0.3) is 0 Å². The molecule has 31 heavy (non-hydrogen) atoms. The highest BCUT2D eigenvalue weighted by atomic mass is 16.2. The van der Waals surface area contributed by atoms with Gasteiger partial charge in [-0.3, -0.25) is 14.4 Å². The van der Waals surface area contributed by atoms with E-state index < -0.39 is 0 Å². The van der Waals surface area contributed by atoms with E-state index in [0.29, 0.717) is 29.9 Å². The molecule has 0 aliphatic carbocycles. The summed E-state index contributed by atoms with van der Waals surface area (Å²) in [7, 11) is 0. The molecular weight excluding hydrogens is 392 g/mol. The van der Waals surface area contributed by atoms with Crippen LogP contribution in [0.2, 0.25) is 0 Å². The predicted octanol–water partition coefficient (Wildman–Crippen LogP) is 3.80. The van der Waals surface area contributed by atoms with Gasteiger partial charge >= 0.3 is 0 Å². The van der Waals surface area contributed by atoms with Gasteiger partial charge in [0.05, 0.1) is 6.54 Å². The number of nitrogens with one attached hydrogen (secondary N) is 4. The molecule has 0 aliphatic rings. The molecule has 2 rings (SSSR count). The summed E-state index contributed by atoms with van der Waals surface area (Å²) in [6.07, 6.45) is 3.92. The van der Waals surface area contributed by atoms with Gasteiger partial charge in [-0.1, -0.05) is 32.8 Å². The van der Waals surface area contributed by atoms with Crippen LogP contribution >= 0.6 is 0 Å². The maximum Gasteiger partial charge on any atom is 0.251 e. The van der Waals surface area contributed by atoms with Crippen LogP contribution in [0, 0.1) is 0 Å². The number of anilines is 2. The number of hydrogen-bond acceptors (Lipinski definition) is 4. The lowest BCUT2D eigenvalue weighted by molar-refractivity contribution is -0.114. The summed E-state index contributed by atoms with van der Waals surface area (Å²) in [6.45, 7) is 5.50. The van der Waals surface area contributed by atoms with Gasteiger partial charge in [0.1, 0.15) is 0 Å². The highest BCUT2D eigenvalue weighted by molar-refractivity contribution is 5.98. The average Bonchev–Trinajstić information content (AvgIpc) is 2.78. The van der Waals surface area contributed by atoms with Gasteiger partial charge in [0, 0.05) is 35.6 Å². The van der Waals surface area contributed by atoms with E-state index in [2.05, 4.69) is 35.1 Å². The second-order valence-electron chi connectivity index (χ2n) is 7.28. The molecule has 0 aromatic heterocycles. The van der Waals surface area contributed by atoms with Crippen molar-refractivity contribution >= 4 is 29.1 Å². The van der Waals surface area contributed by atoms with Crippen LogP contribution in [0.4, 0.5) is 11.4 Å². The first-order valence-corrected chi connectivity index (χ1v) is 10.8. The minimum Gasteiger partial charge on any atom is -0.376 e. The Bertz CT molecular complexity index is 865. The van der Waals surface area contributed by atoms with Crippen LogP contribution in [0.15, 0.2) is 48.5 Å². The molecule has 0 radical (unpaired) electrons. The summed E-state index contributed by atoms with van der Waals surface area (Å²) in [5.74, 6) is -0.484. The third-order valence-electron chi connectivity index (χ3n) is 4.64. The van der Waals surface area contributed by atoms with E-state index in [9.17, 15) is 14.4 Å². The number of unbranched alkanes of at least 4 members (excludes halogenated alkanes) is 2. The van der Waals surface area contributed by atoms with Crippen molar-refractivity contribution in [2.75, 3.05) is 30.3 Å². The Morgan fingerprint density at radius 3 is 1.97 bits per heavy atom. The normalized spacial score (nSPS) is 10.3. The van der Waals surface area contributed by atoms with Gasteiger partial charge in [0.15, 0.2) is 0 Å². The molecule has 7 heteroatoms. The van der Waals surface area contributed by atoms with E-state index in [-0.39, 0.29) is 24.3 Å². The molecule has 2 aromatic rings. The van der Waals surface area contributed by atoms with Gasteiger partial charge in [-0.05, 0) is 55.3 Å². The topological polar surface area (TPSA) is 99.3 Å². The fourth-order valence-electron chi connectivity index (χ4n) is 2.83. The smallest absolute Gasteiger partial charge is 0.251 e. The minimum atomic E-state index is -0.232.